The van der Waals surface area contributed by atoms with Crippen LogP contribution in [0.25, 0.3) is 0 Å². The van der Waals surface area contributed by atoms with Crippen molar-refractivity contribution in [1.29, 1.82) is 0 Å². The fraction of sp³-hybridized carbons (Fsp3) is 0.467. The van der Waals surface area contributed by atoms with E-state index in [1.165, 1.54) is 0 Å². The number of ether oxygens (including phenoxy) is 2. The van der Waals surface area contributed by atoms with Crippen molar-refractivity contribution in [1.82, 2.24) is 0 Å². The maximum atomic E-state index is 6.30. The lowest BCUT2D eigenvalue weighted by Crippen LogP contribution is -2.01. The monoisotopic (exact) mass is 266 g/mol. The van der Waals surface area contributed by atoms with E-state index in [0.717, 1.165) is 18.4 Å². The van der Waals surface area contributed by atoms with Crippen LogP contribution in [0.5, 0.6) is 11.5 Å². The number of terminal acetylenes is 1. The molecular formula is C15H19ClO2. The molecule has 0 aliphatic carbocycles. The van der Waals surface area contributed by atoms with Crippen molar-refractivity contribution in [3.8, 4) is 23.8 Å². The van der Waals surface area contributed by atoms with Crippen LogP contribution in [0.15, 0.2) is 12.1 Å². The third-order valence-corrected chi connectivity index (χ3v) is 3.27. The van der Waals surface area contributed by atoms with Crippen LogP contribution < -0.4 is 9.47 Å². The molecule has 0 spiro atoms. The zero-order chi connectivity index (χ0) is 13.5. The van der Waals surface area contributed by atoms with Gasteiger partial charge in [-0.1, -0.05) is 24.9 Å². The molecule has 0 aliphatic rings. The van der Waals surface area contributed by atoms with E-state index in [-0.39, 0.29) is 5.92 Å². The zero-order valence-corrected chi connectivity index (χ0v) is 11.9. The molecule has 1 rings (SSSR count). The number of halogens is 1. The molecule has 1 aromatic rings. The third kappa shape index (κ3) is 3.34. The molecule has 1 aromatic carbocycles. The molecular weight excluding hydrogens is 248 g/mol. The van der Waals surface area contributed by atoms with Crippen molar-refractivity contribution in [2.45, 2.75) is 32.1 Å². The number of hydrogen-bond donors (Lipinski definition) is 0. The molecule has 18 heavy (non-hydrogen) atoms. The Bertz CT molecular complexity index is 435. The summed E-state index contributed by atoms with van der Waals surface area (Å²) in [6.07, 6.45) is 8.19. The summed E-state index contributed by atoms with van der Waals surface area (Å²) in [6.45, 7) is 2.14. The molecule has 0 radical (unpaired) electrons. The summed E-state index contributed by atoms with van der Waals surface area (Å²) in [7, 11) is 3.21. The number of hydrogen-bond acceptors (Lipinski definition) is 2. The quantitative estimate of drug-likeness (QED) is 0.716. The van der Waals surface area contributed by atoms with E-state index in [4.69, 9.17) is 27.5 Å². The predicted octanol–water partition coefficient (Wildman–Crippen LogP) is 4.26. The van der Waals surface area contributed by atoms with Gasteiger partial charge in [0.2, 0.25) is 0 Å². The predicted molar refractivity (Wildman–Crippen MR) is 75.7 cm³/mol. The largest absolute Gasteiger partial charge is 0.493 e. The van der Waals surface area contributed by atoms with Crippen LogP contribution in [0, 0.1) is 12.3 Å². The van der Waals surface area contributed by atoms with Crippen LogP contribution in [0.2, 0.25) is 5.02 Å². The maximum Gasteiger partial charge on any atom is 0.162 e. The van der Waals surface area contributed by atoms with Crippen LogP contribution in [0.4, 0.5) is 0 Å². The lowest BCUT2D eigenvalue weighted by Gasteiger charge is -2.18. The van der Waals surface area contributed by atoms with Gasteiger partial charge in [0, 0.05) is 17.5 Å². The molecule has 0 N–H and O–H groups in total. The summed E-state index contributed by atoms with van der Waals surface area (Å²) in [4.78, 5) is 0. The summed E-state index contributed by atoms with van der Waals surface area (Å²) in [5.74, 6) is 4.32. The van der Waals surface area contributed by atoms with Crippen molar-refractivity contribution in [3.63, 3.8) is 0 Å². The average molecular weight is 267 g/mol. The van der Waals surface area contributed by atoms with Gasteiger partial charge in [0.15, 0.2) is 11.5 Å². The summed E-state index contributed by atoms with van der Waals surface area (Å²) < 4.78 is 10.5. The molecule has 0 saturated heterocycles. The van der Waals surface area contributed by atoms with E-state index in [1.54, 1.807) is 20.3 Å². The minimum Gasteiger partial charge on any atom is -0.493 e. The van der Waals surface area contributed by atoms with Gasteiger partial charge in [-0.3, -0.25) is 0 Å². The standard InChI is InChI=1S/C15H19ClO2/c1-5-7-11(8-6-2)12-9-14(17-3)15(18-4)10-13(12)16/h1,9-11H,6-8H2,2-4H3. The molecule has 0 aromatic heterocycles. The van der Waals surface area contributed by atoms with E-state index < -0.39 is 0 Å². The first kappa shape index (κ1) is 14.7. The lowest BCUT2D eigenvalue weighted by molar-refractivity contribution is 0.354. The summed E-state index contributed by atoms with van der Waals surface area (Å²) in [5, 5.41) is 0.682. The molecule has 0 amide bonds. The molecule has 0 heterocycles. The Morgan fingerprint density at radius 2 is 1.89 bits per heavy atom. The lowest BCUT2D eigenvalue weighted by atomic mass is 9.91. The van der Waals surface area contributed by atoms with Gasteiger partial charge in [-0.2, -0.15) is 0 Å². The van der Waals surface area contributed by atoms with E-state index in [9.17, 15) is 0 Å². The maximum absolute atomic E-state index is 6.30. The van der Waals surface area contributed by atoms with Crippen LogP contribution in [-0.4, -0.2) is 14.2 Å². The van der Waals surface area contributed by atoms with Crippen LogP contribution in [0.3, 0.4) is 0 Å². The van der Waals surface area contributed by atoms with E-state index in [1.807, 2.05) is 6.07 Å². The van der Waals surface area contributed by atoms with Crippen molar-refractivity contribution >= 4 is 11.6 Å². The highest BCUT2D eigenvalue weighted by Gasteiger charge is 2.17. The zero-order valence-electron chi connectivity index (χ0n) is 11.1. The highest BCUT2D eigenvalue weighted by atomic mass is 35.5. The summed E-state index contributed by atoms with van der Waals surface area (Å²) >= 11 is 6.30. The van der Waals surface area contributed by atoms with Crippen molar-refractivity contribution in [2.24, 2.45) is 0 Å². The van der Waals surface area contributed by atoms with Gasteiger partial charge in [0.25, 0.3) is 0 Å². The van der Waals surface area contributed by atoms with Gasteiger partial charge < -0.3 is 9.47 Å². The van der Waals surface area contributed by atoms with Crippen LogP contribution in [-0.2, 0) is 0 Å². The first-order valence-corrected chi connectivity index (χ1v) is 6.40. The fourth-order valence-electron chi connectivity index (χ4n) is 2.04. The van der Waals surface area contributed by atoms with Crippen LogP contribution >= 0.6 is 11.6 Å². The Labute approximate surface area is 114 Å². The second-order valence-electron chi connectivity index (χ2n) is 4.12. The summed E-state index contributed by atoms with van der Waals surface area (Å²) in [6, 6.07) is 3.72. The first-order chi connectivity index (χ1) is 8.67. The Balaban J connectivity index is 3.17. The van der Waals surface area contributed by atoms with Crippen molar-refractivity contribution in [3.05, 3.63) is 22.7 Å². The molecule has 0 bridgehead atoms. The van der Waals surface area contributed by atoms with E-state index in [2.05, 4.69) is 12.8 Å². The van der Waals surface area contributed by atoms with Crippen molar-refractivity contribution < 1.29 is 9.47 Å². The topological polar surface area (TPSA) is 18.5 Å². The first-order valence-electron chi connectivity index (χ1n) is 6.02. The highest BCUT2D eigenvalue weighted by molar-refractivity contribution is 6.31. The second-order valence-corrected chi connectivity index (χ2v) is 4.53. The average Bonchev–Trinajstić information content (AvgIpc) is 2.38. The summed E-state index contributed by atoms with van der Waals surface area (Å²) in [5.41, 5.74) is 1.04. The Morgan fingerprint density at radius 3 is 2.39 bits per heavy atom. The third-order valence-electron chi connectivity index (χ3n) is 2.94. The van der Waals surface area contributed by atoms with Gasteiger partial charge in [-0.25, -0.2) is 0 Å². The normalized spacial score (nSPS) is 11.7. The van der Waals surface area contributed by atoms with Gasteiger partial charge >= 0.3 is 0 Å². The number of methoxy groups -OCH3 is 2. The fourth-order valence-corrected chi connectivity index (χ4v) is 2.35. The van der Waals surface area contributed by atoms with E-state index in [0.29, 0.717) is 22.9 Å². The Kier molecular flexibility index (Phi) is 5.88. The van der Waals surface area contributed by atoms with Gasteiger partial charge in [-0.05, 0) is 24.0 Å². The molecule has 1 atom stereocenters. The molecule has 3 heteroatoms. The minimum absolute atomic E-state index is 0.271. The SMILES string of the molecule is C#CCC(CCC)c1cc(OC)c(OC)cc1Cl. The number of benzene rings is 1. The second kappa shape index (κ2) is 7.18. The minimum atomic E-state index is 0.271. The molecule has 0 aliphatic heterocycles. The Morgan fingerprint density at radius 1 is 1.28 bits per heavy atom. The number of rotatable bonds is 6. The molecule has 1 unspecified atom stereocenters. The van der Waals surface area contributed by atoms with Gasteiger partial charge in [0.05, 0.1) is 14.2 Å². The molecule has 98 valence electrons. The molecule has 0 saturated carbocycles. The van der Waals surface area contributed by atoms with Crippen LogP contribution in [0.1, 0.15) is 37.7 Å². The molecule has 0 fully saturated rings. The van der Waals surface area contributed by atoms with Crippen molar-refractivity contribution in [2.75, 3.05) is 14.2 Å². The van der Waals surface area contributed by atoms with Gasteiger partial charge in [0.1, 0.15) is 0 Å². The van der Waals surface area contributed by atoms with Gasteiger partial charge in [-0.15, -0.1) is 12.3 Å². The molecule has 2 nitrogen and oxygen atoms in total. The highest BCUT2D eigenvalue weighted by Crippen LogP contribution is 2.38. The smallest absolute Gasteiger partial charge is 0.162 e. The van der Waals surface area contributed by atoms with E-state index >= 15 is 0 Å². The Hall–Kier alpha value is -1.33.